The Labute approximate surface area is 200 Å². The first kappa shape index (κ1) is 22.7. The summed E-state index contributed by atoms with van der Waals surface area (Å²) < 4.78 is 17.9. The lowest BCUT2D eigenvalue weighted by atomic mass is 10.2. The van der Waals surface area contributed by atoms with E-state index in [1.165, 1.54) is 29.9 Å². The summed E-state index contributed by atoms with van der Waals surface area (Å²) in [5.41, 5.74) is 1.38. The molecule has 0 N–H and O–H groups in total. The first-order valence-electron chi connectivity index (χ1n) is 9.67. The smallest absolute Gasteiger partial charge is 0.308 e. The Kier molecular flexibility index (Phi) is 6.57. The minimum atomic E-state index is -0.463. The van der Waals surface area contributed by atoms with Gasteiger partial charge in [0, 0.05) is 6.92 Å². The molecule has 4 aromatic rings. The van der Waals surface area contributed by atoms with E-state index in [4.69, 9.17) is 14.2 Å². The van der Waals surface area contributed by atoms with Crippen molar-refractivity contribution in [3.63, 3.8) is 0 Å². The van der Waals surface area contributed by atoms with Crippen LogP contribution >= 0.6 is 27.3 Å². The van der Waals surface area contributed by atoms with E-state index in [1.54, 1.807) is 31.4 Å². The molecule has 0 bridgehead atoms. The molecule has 8 nitrogen and oxygen atoms in total. The normalized spacial score (nSPS) is 11.9. The molecule has 0 aliphatic rings. The summed E-state index contributed by atoms with van der Waals surface area (Å²) in [7, 11) is 3.09. The predicted octanol–water partition coefficient (Wildman–Crippen LogP) is 3.57. The van der Waals surface area contributed by atoms with Crippen molar-refractivity contribution in [2.24, 2.45) is 0 Å². The molecule has 0 fully saturated rings. The zero-order chi connectivity index (χ0) is 23.5. The van der Waals surface area contributed by atoms with Crippen molar-refractivity contribution in [3.05, 3.63) is 72.7 Å². The number of hydrogen-bond acceptors (Lipinski definition) is 8. The van der Waals surface area contributed by atoms with E-state index in [-0.39, 0.29) is 11.3 Å². The summed E-state index contributed by atoms with van der Waals surface area (Å²) in [5.74, 6) is 1.40. The number of methoxy groups -OCH3 is 2. The minimum Gasteiger partial charge on any atom is -0.497 e. The lowest BCUT2D eigenvalue weighted by Crippen LogP contribution is -2.23. The lowest BCUT2D eigenvalue weighted by Gasteiger charge is -2.10. The number of halogens is 1. The Morgan fingerprint density at radius 2 is 1.85 bits per heavy atom. The molecule has 0 unspecified atom stereocenters. The van der Waals surface area contributed by atoms with Crippen LogP contribution in [0.4, 0.5) is 0 Å². The number of esters is 1. The molecule has 0 aliphatic carbocycles. The molecule has 0 atom stereocenters. The summed E-state index contributed by atoms with van der Waals surface area (Å²) in [5, 5.41) is 4.30. The van der Waals surface area contributed by atoms with Crippen LogP contribution in [0.1, 0.15) is 23.9 Å². The Balaban J connectivity index is 1.64. The Hall–Kier alpha value is -3.50. The molecule has 0 aliphatic heterocycles. The van der Waals surface area contributed by atoms with Crippen LogP contribution in [0.5, 0.6) is 17.2 Å². The molecule has 0 spiro atoms. The molecule has 2 aromatic heterocycles. The van der Waals surface area contributed by atoms with Crippen molar-refractivity contribution in [3.8, 4) is 17.2 Å². The predicted molar refractivity (Wildman–Crippen MR) is 130 cm³/mol. The molecule has 10 heteroatoms. The van der Waals surface area contributed by atoms with Crippen LogP contribution in [0.2, 0.25) is 0 Å². The van der Waals surface area contributed by atoms with E-state index in [2.05, 4.69) is 26.0 Å². The van der Waals surface area contributed by atoms with Gasteiger partial charge in [-0.2, -0.15) is 9.50 Å². The van der Waals surface area contributed by atoms with Gasteiger partial charge >= 0.3 is 5.97 Å². The maximum absolute atomic E-state index is 12.8. The summed E-state index contributed by atoms with van der Waals surface area (Å²) in [6.07, 6.45) is 5.33. The standard InChI is InChI=1S/C23H18BrN3O5S/c1-13(28)32-21-17(24)10-15(11-18(21)31-3)12-19-22(29)27-23(33-19)25-20(26-27)9-6-14-4-7-16(30-2)8-5-14/h4-12H,1-3H3/b9-6+,19-12+. The number of carbonyl (C=O) groups excluding carboxylic acids is 1. The van der Waals surface area contributed by atoms with Crippen molar-refractivity contribution in [2.75, 3.05) is 14.2 Å². The van der Waals surface area contributed by atoms with Crippen molar-refractivity contribution in [1.82, 2.24) is 14.6 Å². The molecular formula is C23H18BrN3O5S. The van der Waals surface area contributed by atoms with Crippen molar-refractivity contribution >= 4 is 56.4 Å². The fraction of sp³-hybridized carbons (Fsp3) is 0.130. The second-order valence-electron chi connectivity index (χ2n) is 6.81. The number of aromatic nitrogens is 3. The number of thiazole rings is 1. The summed E-state index contributed by atoms with van der Waals surface area (Å²) in [6.45, 7) is 1.31. The SMILES string of the molecule is COc1ccc(/C=C/c2nc3s/c(=C/c4cc(Br)c(OC(C)=O)c(OC)c4)c(=O)n3n2)cc1. The zero-order valence-corrected chi connectivity index (χ0v) is 20.3. The van der Waals surface area contributed by atoms with Crippen molar-refractivity contribution in [2.45, 2.75) is 6.92 Å². The van der Waals surface area contributed by atoms with Crippen LogP contribution in [0.3, 0.4) is 0 Å². The quantitative estimate of drug-likeness (QED) is 0.279. The van der Waals surface area contributed by atoms with Gasteiger partial charge in [0.15, 0.2) is 17.3 Å². The van der Waals surface area contributed by atoms with Gasteiger partial charge < -0.3 is 14.2 Å². The van der Waals surface area contributed by atoms with Gasteiger partial charge in [-0.1, -0.05) is 29.5 Å². The third kappa shape index (κ3) is 4.96. The third-order valence-electron chi connectivity index (χ3n) is 4.53. The number of fused-ring (bicyclic) bond motifs is 1. The highest BCUT2D eigenvalue weighted by atomic mass is 79.9. The second kappa shape index (κ2) is 9.55. The van der Waals surface area contributed by atoms with E-state index < -0.39 is 5.97 Å². The Morgan fingerprint density at radius 3 is 2.48 bits per heavy atom. The third-order valence-corrected chi connectivity index (χ3v) is 6.08. The van der Waals surface area contributed by atoms with Gasteiger partial charge in [0.1, 0.15) is 5.75 Å². The molecule has 0 amide bonds. The van der Waals surface area contributed by atoms with Gasteiger partial charge in [0.25, 0.3) is 5.56 Å². The lowest BCUT2D eigenvalue weighted by molar-refractivity contribution is -0.132. The Bertz CT molecular complexity index is 1470. The number of rotatable bonds is 6. The van der Waals surface area contributed by atoms with Crippen LogP contribution in [0.25, 0.3) is 23.2 Å². The molecule has 2 heterocycles. The van der Waals surface area contributed by atoms with Crippen LogP contribution in [-0.2, 0) is 4.79 Å². The van der Waals surface area contributed by atoms with E-state index in [0.717, 1.165) is 11.3 Å². The summed E-state index contributed by atoms with van der Waals surface area (Å²) in [6, 6.07) is 11.0. The number of ether oxygens (including phenoxy) is 3. The highest BCUT2D eigenvalue weighted by Gasteiger charge is 2.14. The first-order chi connectivity index (χ1) is 15.9. The second-order valence-corrected chi connectivity index (χ2v) is 8.68. The van der Waals surface area contributed by atoms with Crippen LogP contribution < -0.4 is 24.3 Å². The highest BCUT2D eigenvalue weighted by Crippen LogP contribution is 2.37. The molecule has 2 aromatic carbocycles. The average Bonchev–Trinajstić information content (AvgIpc) is 3.32. The number of nitrogens with zero attached hydrogens (tertiary/aromatic N) is 3. The van der Waals surface area contributed by atoms with E-state index in [9.17, 15) is 9.59 Å². The van der Waals surface area contributed by atoms with Gasteiger partial charge in [-0.05, 0) is 63.5 Å². The maximum atomic E-state index is 12.8. The summed E-state index contributed by atoms with van der Waals surface area (Å²) in [4.78, 5) is 29.1. The molecule has 0 saturated heterocycles. The largest absolute Gasteiger partial charge is 0.497 e. The van der Waals surface area contributed by atoms with Gasteiger partial charge in [-0.25, -0.2) is 0 Å². The maximum Gasteiger partial charge on any atom is 0.308 e. The van der Waals surface area contributed by atoms with Gasteiger partial charge in [0.2, 0.25) is 4.96 Å². The molecule has 168 valence electrons. The number of hydrogen-bond donors (Lipinski definition) is 0. The van der Waals surface area contributed by atoms with Crippen molar-refractivity contribution in [1.29, 1.82) is 0 Å². The fourth-order valence-electron chi connectivity index (χ4n) is 3.02. The highest BCUT2D eigenvalue weighted by molar-refractivity contribution is 9.10. The topological polar surface area (TPSA) is 92.0 Å². The van der Waals surface area contributed by atoms with Crippen LogP contribution in [0.15, 0.2) is 45.7 Å². The van der Waals surface area contributed by atoms with E-state index >= 15 is 0 Å². The fourth-order valence-corrected chi connectivity index (χ4v) is 4.48. The van der Waals surface area contributed by atoms with Crippen LogP contribution in [0, 0.1) is 0 Å². The van der Waals surface area contributed by atoms with Crippen LogP contribution in [-0.4, -0.2) is 34.8 Å². The van der Waals surface area contributed by atoms with E-state index in [0.29, 0.717) is 31.1 Å². The minimum absolute atomic E-state index is 0.272. The number of benzene rings is 2. The Morgan fingerprint density at radius 1 is 1.09 bits per heavy atom. The van der Waals surface area contributed by atoms with Gasteiger partial charge in [-0.3, -0.25) is 9.59 Å². The summed E-state index contributed by atoms with van der Waals surface area (Å²) >= 11 is 4.61. The van der Waals surface area contributed by atoms with E-state index in [1.807, 2.05) is 30.3 Å². The monoisotopic (exact) mass is 527 g/mol. The molecule has 4 rings (SSSR count). The van der Waals surface area contributed by atoms with Gasteiger partial charge in [0.05, 0.1) is 23.2 Å². The molecule has 33 heavy (non-hydrogen) atoms. The first-order valence-corrected chi connectivity index (χ1v) is 11.3. The zero-order valence-electron chi connectivity index (χ0n) is 17.9. The number of carbonyl (C=O) groups is 1. The molecule has 0 radical (unpaired) electrons. The molecular weight excluding hydrogens is 510 g/mol. The van der Waals surface area contributed by atoms with Crippen molar-refractivity contribution < 1.29 is 19.0 Å². The molecule has 0 saturated carbocycles. The van der Waals surface area contributed by atoms with Gasteiger partial charge in [-0.15, -0.1) is 5.10 Å². The average molecular weight is 528 g/mol.